The third kappa shape index (κ3) is 4.42. The normalized spacial score (nSPS) is 35.0. The van der Waals surface area contributed by atoms with E-state index in [9.17, 15) is 0 Å². The first kappa shape index (κ1) is 17.9. The molecule has 4 unspecified atom stereocenters. The quantitative estimate of drug-likeness (QED) is 0.532. The molecule has 0 bridgehead atoms. The zero-order valence-electron chi connectivity index (χ0n) is 13.7. The third-order valence-electron chi connectivity index (χ3n) is 5.17. The average molecular weight is 284 g/mol. The van der Waals surface area contributed by atoms with E-state index < -0.39 is 0 Å². The van der Waals surface area contributed by atoms with Gasteiger partial charge >= 0.3 is 0 Å². The molecule has 0 aliphatic heterocycles. The van der Waals surface area contributed by atoms with E-state index in [1.165, 1.54) is 6.42 Å². The van der Waals surface area contributed by atoms with E-state index >= 15 is 0 Å². The van der Waals surface area contributed by atoms with Gasteiger partial charge in [-0.25, -0.2) is 0 Å². The molecule has 4 heteroatoms. The first-order chi connectivity index (χ1) is 9.25. The Bertz CT molecular complexity index is 292. The van der Waals surface area contributed by atoms with Crippen molar-refractivity contribution in [1.82, 2.24) is 0 Å². The Kier molecular flexibility index (Phi) is 6.45. The van der Waals surface area contributed by atoms with E-state index in [0.717, 1.165) is 38.6 Å². The molecular weight excluding hydrogens is 248 g/mol. The van der Waals surface area contributed by atoms with Crippen molar-refractivity contribution in [3.8, 4) is 0 Å². The van der Waals surface area contributed by atoms with Crippen molar-refractivity contribution in [1.29, 1.82) is 0 Å². The highest BCUT2D eigenvalue weighted by Crippen LogP contribution is 2.49. The SMILES string of the molecule is CC1(CN)CC(N)C(C(N)CCCCCN)C(C)(C)C1. The Hall–Kier alpha value is -0.160. The molecule has 0 spiro atoms. The molecule has 0 heterocycles. The van der Waals surface area contributed by atoms with Crippen molar-refractivity contribution >= 4 is 0 Å². The van der Waals surface area contributed by atoms with Crippen molar-refractivity contribution in [2.45, 2.75) is 71.4 Å². The molecule has 120 valence electrons. The zero-order valence-corrected chi connectivity index (χ0v) is 13.7. The molecule has 0 aromatic heterocycles. The third-order valence-corrected chi connectivity index (χ3v) is 5.17. The lowest BCUT2D eigenvalue weighted by atomic mass is 9.55. The Morgan fingerprint density at radius 1 is 1.10 bits per heavy atom. The highest BCUT2D eigenvalue weighted by molar-refractivity contribution is 5.02. The second-order valence-corrected chi connectivity index (χ2v) is 7.88. The summed E-state index contributed by atoms with van der Waals surface area (Å²) < 4.78 is 0. The fourth-order valence-electron chi connectivity index (χ4n) is 4.50. The summed E-state index contributed by atoms with van der Waals surface area (Å²) in [6.07, 6.45) is 6.59. The Labute approximate surface area is 125 Å². The summed E-state index contributed by atoms with van der Waals surface area (Å²) in [4.78, 5) is 0. The van der Waals surface area contributed by atoms with Gasteiger partial charge in [-0.1, -0.05) is 33.6 Å². The molecule has 4 atom stereocenters. The van der Waals surface area contributed by atoms with Crippen LogP contribution in [-0.2, 0) is 0 Å². The van der Waals surface area contributed by atoms with Crippen LogP contribution in [0.5, 0.6) is 0 Å². The van der Waals surface area contributed by atoms with Crippen LogP contribution < -0.4 is 22.9 Å². The fraction of sp³-hybridized carbons (Fsp3) is 1.00. The Morgan fingerprint density at radius 2 is 1.75 bits per heavy atom. The van der Waals surface area contributed by atoms with E-state index in [2.05, 4.69) is 20.8 Å². The van der Waals surface area contributed by atoms with Crippen molar-refractivity contribution in [3.63, 3.8) is 0 Å². The highest BCUT2D eigenvalue weighted by atomic mass is 14.8. The van der Waals surface area contributed by atoms with Crippen LogP contribution in [0.15, 0.2) is 0 Å². The van der Waals surface area contributed by atoms with Crippen LogP contribution in [0.4, 0.5) is 0 Å². The predicted molar refractivity (Wildman–Crippen MR) is 87.1 cm³/mol. The van der Waals surface area contributed by atoms with Crippen LogP contribution in [0, 0.1) is 16.7 Å². The second kappa shape index (κ2) is 7.21. The predicted octanol–water partition coefficient (Wildman–Crippen LogP) is 1.56. The molecule has 8 N–H and O–H groups in total. The number of hydrogen-bond acceptors (Lipinski definition) is 4. The second-order valence-electron chi connectivity index (χ2n) is 7.88. The summed E-state index contributed by atoms with van der Waals surface area (Å²) in [5, 5.41) is 0. The summed E-state index contributed by atoms with van der Waals surface area (Å²) in [7, 11) is 0. The van der Waals surface area contributed by atoms with E-state index in [0.29, 0.717) is 12.5 Å². The van der Waals surface area contributed by atoms with Gasteiger partial charge in [-0.05, 0) is 55.5 Å². The van der Waals surface area contributed by atoms with Gasteiger partial charge in [-0.2, -0.15) is 0 Å². The van der Waals surface area contributed by atoms with E-state index in [4.69, 9.17) is 22.9 Å². The van der Waals surface area contributed by atoms with E-state index in [-0.39, 0.29) is 22.9 Å². The van der Waals surface area contributed by atoms with Crippen molar-refractivity contribution < 1.29 is 0 Å². The molecule has 20 heavy (non-hydrogen) atoms. The van der Waals surface area contributed by atoms with Crippen molar-refractivity contribution in [2.24, 2.45) is 39.7 Å². The van der Waals surface area contributed by atoms with Gasteiger partial charge in [0.15, 0.2) is 0 Å². The Balaban J connectivity index is 2.64. The lowest BCUT2D eigenvalue weighted by Crippen LogP contribution is -2.57. The summed E-state index contributed by atoms with van der Waals surface area (Å²) in [5.74, 6) is 0.389. The molecule has 1 saturated carbocycles. The van der Waals surface area contributed by atoms with Crippen molar-refractivity contribution in [2.75, 3.05) is 13.1 Å². The first-order valence-corrected chi connectivity index (χ1v) is 8.17. The van der Waals surface area contributed by atoms with Crippen LogP contribution in [0.3, 0.4) is 0 Å². The topological polar surface area (TPSA) is 104 Å². The molecule has 1 fully saturated rings. The average Bonchev–Trinajstić information content (AvgIpc) is 2.32. The molecule has 1 rings (SSSR count). The van der Waals surface area contributed by atoms with Gasteiger partial charge in [0.1, 0.15) is 0 Å². The fourth-order valence-corrected chi connectivity index (χ4v) is 4.50. The van der Waals surface area contributed by atoms with Crippen LogP contribution in [-0.4, -0.2) is 25.2 Å². The standard InChI is InChI=1S/C16H36N4/c1-15(2)10-16(3,11-18)9-13(20)14(15)12(19)7-5-4-6-8-17/h12-14H,4-11,17-20H2,1-3H3. The smallest absolute Gasteiger partial charge is 0.00927 e. The lowest BCUT2D eigenvalue weighted by molar-refractivity contribution is 0.00973. The monoisotopic (exact) mass is 284 g/mol. The highest BCUT2D eigenvalue weighted by Gasteiger charge is 2.48. The maximum absolute atomic E-state index is 6.48. The van der Waals surface area contributed by atoms with Gasteiger partial charge in [-0.3, -0.25) is 0 Å². The van der Waals surface area contributed by atoms with Crippen molar-refractivity contribution in [3.05, 3.63) is 0 Å². The molecule has 0 saturated heterocycles. The molecule has 0 radical (unpaired) electrons. The first-order valence-electron chi connectivity index (χ1n) is 8.17. The molecule has 0 aromatic carbocycles. The van der Waals surface area contributed by atoms with Gasteiger partial charge in [0.2, 0.25) is 0 Å². The van der Waals surface area contributed by atoms with Crippen LogP contribution in [0.25, 0.3) is 0 Å². The van der Waals surface area contributed by atoms with Gasteiger partial charge in [0.05, 0.1) is 0 Å². The van der Waals surface area contributed by atoms with Crippen LogP contribution in [0.2, 0.25) is 0 Å². The van der Waals surface area contributed by atoms with Gasteiger partial charge in [0, 0.05) is 12.1 Å². The Morgan fingerprint density at radius 3 is 2.25 bits per heavy atom. The van der Waals surface area contributed by atoms with E-state index in [1.807, 2.05) is 0 Å². The molecule has 1 aliphatic carbocycles. The zero-order chi connectivity index (χ0) is 15.4. The van der Waals surface area contributed by atoms with E-state index in [1.54, 1.807) is 0 Å². The summed E-state index contributed by atoms with van der Waals surface area (Å²) in [6.45, 7) is 8.37. The number of unbranched alkanes of at least 4 members (excludes halogenated alkanes) is 2. The van der Waals surface area contributed by atoms with Gasteiger partial charge in [-0.15, -0.1) is 0 Å². The number of hydrogen-bond donors (Lipinski definition) is 4. The minimum atomic E-state index is 0.164. The maximum Gasteiger partial charge on any atom is 0.00927 e. The summed E-state index contributed by atoms with van der Waals surface area (Å²) in [6, 6.07) is 0.358. The maximum atomic E-state index is 6.48. The number of rotatable bonds is 7. The molecular formula is C16H36N4. The lowest BCUT2D eigenvalue weighted by Gasteiger charge is -2.52. The largest absolute Gasteiger partial charge is 0.330 e. The molecule has 4 nitrogen and oxygen atoms in total. The molecule has 0 amide bonds. The van der Waals surface area contributed by atoms with Gasteiger partial charge in [0.25, 0.3) is 0 Å². The summed E-state index contributed by atoms with van der Waals surface area (Å²) in [5.41, 5.74) is 24.8. The van der Waals surface area contributed by atoms with Gasteiger partial charge < -0.3 is 22.9 Å². The summed E-state index contributed by atoms with van der Waals surface area (Å²) >= 11 is 0. The molecule has 0 aromatic rings. The minimum Gasteiger partial charge on any atom is -0.330 e. The minimum absolute atomic E-state index is 0.164. The van der Waals surface area contributed by atoms with Crippen LogP contribution >= 0.6 is 0 Å². The molecule has 1 aliphatic rings. The van der Waals surface area contributed by atoms with Crippen LogP contribution in [0.1, 0.15) is 59.3 Å². The number of nitrogens with two attached hydrogens (primary N) is 4.